The maximum Gasteiger partial charge on any atom is 0.137 e. The lowest BCUT2D eigenvalue weighted by molar-refractivity contribution is 0.668. The van der Waals surface area contributed by atoms with Crippen molar-refractivity contribution >= 4 is 65.6 Å². The van der Waals surface area contributed by atoms with E-state index in [0.29, 0.717) is 27.7 Å². The van der Waals surface area contributed by atoms with E-state index in [1.54, 1.807) is 12.1 Å². The number of para-hydroxylation sites is 2. The van der Waals surface area contributed by atoms with E-state index >= 15 is 0 Å². The van der Waals surface area contributed by atoms with Gasteiger partial charge in [0.05, 0.1) is 40.6 Å². The van der Waals surface area contributed by atoms with Crippen molar-refractivity contribution in [1.29, 1.82) is 5.26 Å². The molecule has 0 fully saturated rings. The highest BCUT2D eigenvalue weighted by molar-refractivity contribution is 6.15. The monoisotopic (exact) mass is 680 g/mol. The summed E-state index contributed by atoms with van der Waals surface area (Å²) in [6.45, 7) is 0. The van der Waals surface area contributed by atoms with Crippen molar-refractivity contribution in [2.75, 3.05) is 0 Å². The molecule has 4 nitrogen and oxygen atoms in total. The summed E-state index contributed by atoms with van der Waals surface area (Å²) in [5, 5.41) is 15.8. The van der Waals surface area contributed by atoms with Crippen LogP contribution in [0.1, 0.15) is 12.4 Å². The lowest BCUT2D eigenvalue weighted by Crippen LogP contribution is -1.93. The molecule has 53 heavy (non-hydrogen) atoms. The molecule has 0 aliphatic carbocycles. The summed E-state index contributed by atoms with van der Waals surface area (Å²) in [6, 6.07) is 49.7. The summed E-state index contributed by atoms with van der Waals surface area (Å²) >= 11 is 0. The maximum absolute atomic E-state index is 10.2. The first kappa shape index (κ1) is 24.7. The third-order valence-electron chi connectivity index (χ3n) is 10.4. The smallest absolute Gasteiger partial charge is 0.137 e. The normalized spacial score (nSPS) is 13.1. The van der Waals surface area contributed by atoms with Crippen molar-refractivity contribution in [2.45, 2.75) is 0 Å². The fourth-order valence-electron chi connectivity index (χ4n) is 8.18. The number of rotatable bonds is 4. The zero-order valence-electron chi connectivity index (χ0n) is 33.1. The molecule has 0 atom stereocenters. The molecule has 0 spiro atoms. The second kappa shape index (κ2) is 11.3. The van der Waals surface area contributed by atoms with E-state index in [2.05, 4.69) is 88.0 Å². The van der Waals surface area contributed by atoms with Gasteiger partial charge < -0.3 is 13.6 Å². The number of benzene rings is 8. The van der Waals surface area contributed by atoms with Crippen LogP contribution in [0.4, 0.5) is 0 Å². The lowest BCUT2D eigenvalue weighted by Gasteiger charge is -2.09. The largest absolute Gasteiger partial charge is 0.456 e. The fourth-order valence-corrected chi connectivity index (χ4v) is 8.18. The number of furan rings is 1. The SMILES string of the molecule is [2H]c1c([2H])c([2H])c(-c2cccc3oc4cc(-n5c6ccccc6c6cc(-c7ccc8c(c7)c7c(C#N)cccc7n8-c7ccccc7)ccc65)ccc4c23)c([2H])c1[2H]. The number of hydrogen-bond acceptors (Lipinski definition) is 2. The standard InChI is InChI=1S/C49H29N3O/c50-30-34-13-9-19-45-48(34)41-28-33(22-26-44(41)51(45)35-14-5-2-6-15-35)32-21-25-43-40(27-32)38-16-7-8-18-42(38)52(43)36-23-24-39-47(29-36)53-46-20-10-17-37(49(39)46)31-11-3-1-4-12-31/h1-29H/i1D,3D,4D,11D,12D. The van der Waals surface area contributed by atoms with Crippen LogP contribution in [0.25, 0.3) is 99.2 Å². The Kier molecular flexibility index (Phi) is 5.29. The number of nitriles is 1. The summed E-state index contributed by atoms with van der Waals surface area (Å²) in [4.78, 5) is 0. The highest BCUT2D eigenvalue weighted by atomic mass is 16.3. The number of fused-ring (bicyclic) bond motifs is 9. The molecule has 3 aromatic heterocycles. The van der Waals surface area contributed by atoms with E-state index in [9.17, 15) is 5.26 Å². The van der Waals surface area contributed by atoms with Gasteiger partial charge in [0.2, 0.25) is 0 Å². The van der Waals surface area contributed by atoms with E-state index in [0.717, 1.165) is 71.5 Å². The topological polar surface area (TPSA) is 46.8 Å². The summed E-state index contributed by atoms with van der Waals surface area (Å²) in [7, 11) is 0. The zero-order chi connectivity index (χ0) is 39.4. The van der Waals surface area contributed by atoms with Crippen LogP contribution in [-0.2, 0) is 0 Å². The second-order valence-corrected chi connectivity index (χ2v) is 13.3. The van der Waals surface area contributed by atoms with Crippen LogP contribution in [0, 0.1) is 11.3 Å². The van der Waals surface area contributed by atoms with Crippen molar-refractivity contribution in [1.82, 2.24) is 9.13 Å². The van der Waals surface area contributed by atoms with E-state index in [1.165, 1.54) is 0 Å². The molecular formula is C49H29N3O. The quantitative estimate of drug-likeness (QED) is 0.186. The van der Waals surface area contributed by atoms with Gasteiger partial charge in [-0.05, 0) is 95.1 Å². The molecule has 4 heteroatoms. The van der Waals surface area contributed by atoms with Crippen LogP contribution in [-0.4, -0.2) is 9.13 Å². The zero-order valence-corrected chi connectivity index (χ0v) is 28.1. The first-order chi connectivity index (χ1) is 28.3. The van der Waals surface area contributed by atoms with Gasteiger partial charge in [0.25, 0.3) is 0 Å². The molecule has 246 valence electrons. The van der Waals surface area contributed by atoms with Gasteiger partial charge in [0, 0.05) is 49.8 Å². The highest BCUT2D eigenvalue weighted by Gasteiger charge is 2.19. The first-order valence-corrected chi connectivity index (χ1v) is 17.4. The van der Waals surface area contributed by atoms with Crippen LogP contribution in [0.15, 0.2) is 180 Å². The maximum atomic E-state index is 10.2. The van der Waals surface area contributed by atoms with E-state index in [4.69, 9.17) is 11.3 Å². The van der Waals surface area contributed by atoms with Crippen molar-refractivity contribution in [3.8, 4) is 39.7 Å². The Labute approximate surface area is 311 Å². The predicted octanol–water partition coefficient (Wildman–Crippen LogP) is 13.0. The lowest BCUT2D eigenvalue weighted by atomic mass is 9.99. The predicted molar refractivity (Wildman–Crippen MR) is 218 cm³/mol. The highest BCUT2D eigenvalue weighted by Crippen LogP contribution is 2.41. The Balaban J connectivity index is 1.08. The average molecular weight is 681 g/mol. The second-order valence-electron chi connectivity index (χ2n) is 13.3. The van der Waals surface area contributed by atoms with E-state index in [1.807, 2.05) is 60.7 Å². The van der Waals surface area contributed by atoms with Crippen LogP contribution in [0.2, 0.25) is 0 Å². The molecule has 0 aliphatic heterocycles. The van der Waals surface area contributed by atoms with Crippen molar-refractivity contribution in [3.63, 3.8) is 0 Å². The third kappa shape index (κ3) is 4.35. The molecule has 0 aliphatic rings. The summed E-state index contributed by atoms with van der Waals surface area (Å²) in [5.41, 5.74) is 10.6. The Morgan fingerprint density at radius 1 is 0.472 bits per heavy atom. The van der Waals surface area contributed by atoms with Gasteiger partial charge in [-0.15, -0.1) is 0 Å². The fraction of sp³-hybridized carbons (Fsp3) is 0. The average Bonchev–Trinajstić information content (AvgIpc) is 3.92. The van der Waals surface area contributed by atoms with Gasteiger partial charge >= 0.3 is 0 Å². The van der Waals surface area contributed by atoms with Gasteiger partial charge in [-0.2, -0.15) is 5.26 Å². The molecule has 0 radical (unpaired) electrons. The van der Waals surface area contributed by atoms with Gasteiger partial charge in [-0.3, -0.25) is 0 Å². The summed E-state index contributed by atoms with van der Waals surface area (Å²) in [6.07, 6.45) is 0. The van der Waals surface area contributed by atoms with Crippen LogP contribution in [0.5, 0.6) is 0 Å². The van der Waals surface area contributed by atoms with Crippen molar-refractivity contribution in [3.05, 3.63) is 181 Å². The van der Waals surface area contributed by atoms with Gasteiger partial charge in [0.1, 0.15) is 11.2 Å². The third-order valence-corrected chi connectivity index (χ3v) is 10.4. The van der Waals surface area contributed by atoms with Crippen molar-refractivity contribution < 1.29 is 11.3 Å². The number of aromatic nitrogens is 2. The molecule has 0 saturated heterocycles. The molecule has 11 aromatic rings. The number of nitrogens with zero attached hydrogens (tertiary/aromatic N) is 3. The van der Waals surface area contributed by atoms with Gasteiger partial charge in [-0.25, -0.2) is 0 Å². The molecule has 0 amide bonds. The molecule has 8 aromatic carbocycles. The van der Waals surface area contributed by atoms with E-state index < -0.39 is 6.04 Å². The molecular weight excluding hydrogens is 647 g/mol. The minimum Gasteiger partial charge on any atom is -0.456 e. The van der Waals surface area contributed by atoms with Gasteiger partial charge in [0.15, 0.2) is 0 Å². The minimum atomic E-state index is -0.423. The summed E-state index contributed by atoms with van der Waals surface area (Å²) in [5.74, 6) is 0. The Morgan fingerprint density at radius 2 is 1.17 bits per heavy atom. The van der Waals surface area contributed by atoms with Crippen LogP contribution < -0.4 is 0 Å². The van der Waals surface area contributed by atoms with Crippen molar-refractivity contribution in [2.24, 2.45) is 0 Å². The Bertz CT molecular complexity index is 3560. The van der Waals surface area contributed by atoms with E-state index in [-0.39, 0.29) is 29.7 Å². The number of hydrogen-bond donors (Lipinski definition) is 0. The molecule has 11 rings (SSSR count). The Hall–Kier alpha value is -7.35. The minimum absolute atomic E-state index is 0.146. The van der Waals surface area contributed by atoms with Crippen LogP contribution in [0.3, 0.4) is 0 Å². The molecule has 0 saturated carbocycles. The molecule has 3 heterocycles. The van der Waals surface area contributed by atoms with Crippen LogP contribution >= 0.6 is 0 Å². The Morgan fingerprint density at radius 3 is 2.00 bits per heavy atom. The van der Waals surface area contributed by atoms with Gasteiger partial charge in [-0.1, -0.05) is 96.9 Å². The molecule has 0 bridgehead atoms. The first-order valence-electron chi connectivity index (χ1n) is 19.9. The molecule has 0 unspecified atom stereocenters. The molecule has 0 N–H and O–H groups in total. The summed E-state index contributed by atoms with van der Waals surface area (Å²) < 4.78 is 52.9.